The highest BCUT2D eigenvalue weighted by Crippen LogP contribution is 2.32. The Morgan fingerprint density at radius 1 is 1.24 bits per heavy atom. The molecule has 0 saturated heterocycles. The Bertz CT molecular complexity index is 451. The third kappa shape index (κ3) is 4.70. The molecule has 0 aliphatic heterocycles. The molecule has 0 aromatic heterocycles. The molecule has 2 unspecified atom stereocenters. The lowest BCUT2D eigenvalue weighted by molar-refractivity contribution is 0.329. The first-order valence-corrected chi connectivity index (χ1v) is 7.94. The van der Waals surface area contributed by atoms with Gasteiger partial charge >= 0.3 is 0 Å². The minimum Gasteiger partial charge on any atom is -0.371 e. The summed E-state index contributed by atoms with van der Waals surface area (Å²) in [6.07, 6.45) is 1.07. The zero-order valence-electron chi connectivity index (χ0n) is 14.6. The predicted molar refractivity (Wildman–Crippen MR) is 90.4 cm³/mol. The van der Waals surface area contributed by atoms with Crippen molar-refractivity contribution in [3.05, 3.63) is 29.6 Å². The quantitative estimate of drug-likeness (QED) is 0.814. The second kappa shape index (κ2) is 7.26. The van der Waals surface area contributed by atoms with E-state index >= 15 is 0 Å². The van der Waals surface area contributed by atoms with Crippen LogP contribution in [0.4, 0.5) is 10.1 Å². The van der Waals surface area contributed by atoms with Crippen molar-refractivity contribution in [1.29, 1.82) is 0 Å². The summed E-state index contributed by atoms with van der Waals surface area (Å²) in [5.41, 5.74) is 2.30. The van der Waals surface area contributed by atoms with Crippen molar-refractivity contribution in [3.8, 4) is 0 Å². The van der Waals surface area contributed by atoms with Crippen molar-refractivity contribution >= 4 is 5.69 Å². The first-order valence-electron chi connectivity index (χ1n) is 7.94. The second-order valence-corrected chi connectivity index (χ2v) is 7.03. The van der Waals surface area contributed by atoms with E-state index in [1.54, 1.807) is 12.1 Å². The maximum Gasteiger partial charge on any atom is 0.123 e. The van der Waals surface area contributed by atoms with E-state index in [9.17, 15) is 4.39 Å². The Balaban J connectivity index is 3.11. The first kappa shape index (κ1) is 18.0. The number of hydrogen-bond acceptors (Lipinski definition) is 2. The Morgan fingerprint density at radius 3 is 2.38 bits per heavy atom. The van der Waals surface area contributed by atoms with Gasteiger partial charge in [-0.15, -0.1) is 0 Å². The molecule has 3 heteroatoms. The van der Waals surface area contributed by atoms with Crippen LogP contribution >= 0.6 is 0 Å². The summed E-state index contributed by atoms with van der Waals surface area (Å²) < 4.78 is 13.7. The van der Waals surface area contributed by atoms with E-state index in [1.165, 1.54) is 0 Å². The Morgan fingerprint density at radius 2 is 1.86 bits per heavy atom. The zero-order valence-corrected chi connectivity index (χ0v) is 14.6. The molecule has 1 aromatic rings. The summed E-state index contributed by atoms with van der Waals surface area (Å²) in [5.74, 6) is -0.171. The summed E-state index contributed by atoms with van der Waals surface area (Å²) in [6.45, 7) is 14.1. The predicted octanol–water partition coefficient (Wildman–Crippen LogP) is 4.76. The van der Waals surface area contributed by atoms with Gasteiger partial charge in [-0.25, -0.2) is 4.39 Å². The lowest BCUT2D eigenvalue weighted by Gasteiger charge is -2.38. The highest BCUT2D eigenvalue weighted by atomic mass is 19.1. The fraction of sp³-hybridized carbons (Fsp3) is 0.667. The van der Waals surface area contributed by atoms with Crippen LogP contribution in [0.3, 0.4) is 0 Å². The van der Waals surface area contributed by atoms with Crippen molar-refractivity contribution in [2.75, 3.05) is 18.5 Å². The van der Waals surface area contributed by atoms with Crippen LogP contribution in [0, 0.1) is 11.2 Å². The van der Waals surface area contributed by atoms with Gasteiger partial charge in [-0.1, -0.05) is 27.7 Å². The molecule has 2 atom stereocenters. The zero-order chi connectivity index (χ0) is 16.2. The van der Waals surface area contributed by atoms with E-state index in [4.69, 9.17) is 0 Å². The van der Waals surface area contributed by atoms with Crippen molar-refractivity contribution in [2.45, 2.75) is 60.0 Å². The monoisotopic (exact) mass is 294 g/mol. The van der Waals surface area contributed by atoms with Gasteiger partial charge in [0.15, 0.2) is 0 Å². The molecule has 2 nitrogen and oxygen atoms in total. The van der Waals surface area contributed by atoms with Crippen molar-refractivity contribution < 1.29 is 4.39 Å². The summed E-state index contributed by atoms with van der Waals surface area (Å²) in [4.78, 5) is 2.26. The van der Waals surface area contributed by atoms with Crippen LogP contribution in [-0.2, 0) is 0 Å². The molecule has 0 heterocycles. The third-order valence-corrected chi connectivity index (χ3v) is 4.37. The summed E-state index contributed by atoms with van der Waals surface area (Å²) in [6, 6.07) is 5.62. The van der Waals surface area contributed by atoms with Gasteiger partial charge in [0.25, 0.3) is 0 Å². The molecular weight excluding hydrogens is 263 g/mol. The van der Waals surface area contributed by atoms with Gasteiger partial charge in [-0.05, 0) is 56.0 Å². The van der Waals surface area contributed by atoms with Crippen LogP contribution < -0.4 is 10.2 Å². The molecule has 0 bridgehead atoms. The van der Waals surface area contributed by atoms with Crippen molar-refractivity contribution in [1.82, 2.24) is 5.32 Å². The molecule has 0 amide bonds. The van der Waals surface area contributed by atoms with Crippen LogP contribution in [0.25, 0.3) is 0 Å². The Labute approximate surface area is 129 Å². The highest BCUT2D eigenvalue weighted by Gasteiger charge is 2.26. The average Bonchev–Trinajstić information content (AvgIpc) is 2.42. The molecule has 1 N–H and O–H groups in total. The molecule has 120 valence electrons. The fourth-order valence-electron chi connectivity index (χ4n) is 2.45. The third-order valence-electron chi connectivity index (χ3n) is 4.37. The Kier molecular flexibility index (Phi) is 6.21. The van der Waals surface area contributed by atoms with Crippen LogP contribution in [0.5, 0.6) is 0 Å². The highest BCUT2D eigenvalue weighted by molar-refractivity contribution is 5.55. The van der Waals surface area contributed by atoms with Gasteiger partial charge in [0.05, 0.1) is 0 Å². The molecular formula is C18H31FN2. The molecule has 0 fully saturated rings. The maximum absolute atomic E-state index is 13.7. The second-order valence-electron chi connectivity index (χ2n) is 7.03. The van der Waals surface area contributed by atoms with Gasteiger partial charge in [0, 0.05) is 24.8 Å². The van der Waals surface area contributed by atoms with E-state index in [1.807, 2.05) is 6.07 Å². The lowest BCUT2D eigenvalue weighted by Crippen LogP contribution is -2.40. The molecule has 0 aliphatic carbocycles. The van der Waals surface area contributed by atoms with E-state index in [0.717, 1.165) is 24.2 Å². The number of rotatable bonds is 6. The average molecular weight is 294 g/mol. The van der Waals surface area contributed by atoms with Gasteiger partial charge in [0.2, 0.25) is 0 Å². The largest absolute Gasteiger partial charge is 0.371 e. The summed E-state index contributed by atoms with van der Waals surface area (Å²) in [5, 5.41) is 3.46. The van der Waals surface area contributed by atoms with Crippen LogP contribution in [0.15, 0.2) is 18.2 Å². The number of benzene rings is 1. The topological polar surface area (TPSA) is 15.3 Å². The minimum absolute atomic E-state index is 0.144. The number of nitrogens with one attached hydrogen (secondary N) is 1. The number of nitrogens with zero attached hydrogens (tertiary/aromatic N) is 1. The first-order chi connectivity index (χ1) is 9.68. The van der Waals surface area contributed by atoms with Gasteiger partial charge in [-0.2, -0.15) is 0 Å². The van der Waals surface area contributed by atoms with Crippen molar-refractivity contribution in [2.24, 2.45) is 5.41 Å². The van der Waals surface area contributed by atoms with Gasteiger partial charge < -0.3 is 10.2 Å². The molecule has 21 heavy (non-hydrogen) atoms. The summed E-state index contributed by atoms with van der Waals surface area (Å²) in [7, 11) is 2.10. The van der Waals surface area contributed by atoms with E-state index in [2.05, 4.69) is 58.8 Å². The normalized spacial score (nSPS) is 14.9. The molecule has 0 spiro atoms. The molecule has 1 aromatic carbocycles. The number of halogens is 1. The van der Waals surface area contributed by atoms with Crippen LogP contribution in [0.1, 0.15) is 59.6 Å². The smallest absolute Gasteiger partial charge is 0.123 e. The Hall–Kier alpha value is -1.09. The van der Waals surface area contributed by atoms with Crippen LogP contribution in [-0.4, -0.2) is 19.6 Å². The maximum atomic E-state index is 13.7. The number of anilines is 1. The van der Waals surface area contributed by atoms with Crippen LogP contribution in [0.2, 0.25) is 0 Å². The molecule has 0 aliphatic rings. The molecule has 0 radical (unpaired) electrons. The fourth-order valence-corrected chi connectivity index (χ4v) is 2.45. The van der Waals surface area contributed by atoms with E-state index in [0.29, 0.717) is 6.04 Å². The SMILES string of the molecule is CCCNC(C)c1cc(F)ccc1N(C)C(C)C(C)(C)C. The lowest BCUT2D eigenvalue weighted by atomic mass is 9.86. The van der Waals surface area contributed by atoms with E-state index in [-0.39, 0.29) is 17.3 Å². The minimum atomic E-state index is -0.171. The van der Waals surface area contributed by atoms with Gasteiger partial charge in [-0.3, -0.25) is 0 Å². The van der Waals surface area contributed by atoms with E-state index < -0.39 is 0 Å². The van der Waals surface area contributed by atoms with Gasteiger partial charge in [0.1, 0.15) is 5.82 Å². The number of hydrogen-bond donors (Lipinski definition) is 1. The standard InChI is InChI=1S/C18H31FN2/c1-8-11-20-13(2)16-12-15(19)9-10-17(16)21(7)14(3)18(4,5)6/h9-10,12-14,20H,8,11H2,1-7H3. The van der Waals surface area contributed by atoms with Crippen molar-refractivity contribution in [3.63, 3.8) is 0 Å². The molecule has 1 rings (SSSR count). The molecule has 0 saturated carbocycles. The summed E-state index contributed by atoms with van der Waals surface area (Å²) >= 11 is 0.